The van der Waals surface area contributed by atoms with Crippen LogP contribution >= 0.6 is 0 Å². The van der Waals surface area contributed by atoms with Crippen LogP contribution in [0, 0.1) is 5.92 Å². The minimum atomic E-state index is -0.939. The van der Waals surface area contributed by atoms with Crippen LogP contribution in [-0.4, -0.2) is 41.8 Å². The zero-order valence-electron chi connectivity index (χ0n) is 20.2. The van der Waals surface area contributed by atoms with Gasteiger partial charge in [-0.2, -0.15) is 0 Å². The van der Waals surface area contributed by atoms with E-state index in [1.54, 1.807) is 0 Å². The van der Waals surface area contributed by atoms with E-state index < -0.39 is 24.0 Å². The number of hydrogen-bond donors (Lipinski definition) is 3. The van der Waals surface area contributed by atoms with Crippen molar-refractivity contribution in [3.05, 3.63) is 59.7 Å². The molecule has 2 aliphatic carbocycles. The second-order valence-corrected chi connectivity index (χ2v) is 9.53. The van der Waals surface area contributed by atoms with Crippen molar-refractivity contribution in [2.24, 2.45) is 5.92 Å². The first-order chi connectivity index (χ1) is 17.0. The molecule has 2 amide bonds. The summed E-state index contributed by atoms with van der Waals surface area (Å²) in [6.07, 6.45) is 4.07. The second-order valence-electron chi connectivity index (χ2n) is 9.53. The lowest BCUT2D eigenvalue weighted by atomic mass is 9.93. The quantitative estimate of drug-likeness (QED) is 0.471. The normalized spacial score (nSPS) is 20.1. The third-order valence-corrected chi connectivity index (χ3v) is 7.26. The summed E-state index contributed by atoms with van der Waals surface area (Å²) in [6.45, 7) is 2.08. The number of carboxylic acids is 1. The summed E-state index contributed by atoms with van der Waals surface area (Å²) >= 11 is 0. The molecule has 0 unspecified atom stereocenters. The summed E-state index contributed by atoms with van der Waals surface area (Å²) in [5, 5.41) is 14.9. The molecule has 2 aliphatic rings. The minimum absolute atomic E-state index is 0.0253. The highest BCUT2D eigenvalue weighted by Crippen LogP contribution is 2.44. The fourth-order valence-electron chi connectivity index (χ4n) is 5.40. The first-order valence-electron chi connectivity index (χ1n) is 12.6. The van der Waals surface area contributed by atoms with Crippen LogP contribution in [0.15, 0.2) is 48.5 Å². The molecule has 0 saturated heterocycles. The van der Waals surface area contributed by atoms with E-state index >= 15 is 0 Å². The lowest BCUT2D eigenvalue weighted by Crippen LogP contribution is -2.49. The number of hydrogen-bond acceptors (Lipinski definition) is 4. The Balaban J connectivity index is 1.40. The number of benzene rings is 2. The number of carboxylic acid groups (broad SMARTS) is 1. The number of amides is 2. The Kier molecular flexibility index (Phi) is 8.06. The van der Waals surface area contributed by atoms with Gasteiger partial charge in [-0.3, -0.25) is 9.59 Å². The first-order valence-corrected chi connectivity index (χ1v) is 12.6. The topological polar surface area (TPSA) is 105 Å². The van der Waals surface area contributed by atoms with Gasteiger partial charge in [-0.15, -0.1) is 0 Å². The van der Waals surface area contributed by atoms with Crippen LogP contribution in [0.3, 0.4) is 0 Å². The molecule has 7 heteroatoms. The van der Waals surface area contributed by atoms with E-state index in [4.69, 9.17) is 9.84 Å². The van der Waals surface area contributed by atoms with Gasteiger partial charge < -0.3 is 20.5 Å². The molecule has 0 radical (unpaired) electrons. The predicted molar refractivity (Wildman–Crippen MR) is 133 cm³/mol. The third-order valence-electron chi connectivity index (χ3n) is 7.26. The summed E-state index contributed by atoms with van der Waals surface area (Å²) in [4.78, 5) is 37.0. The van der Waals surface area contributed by atoms with Gasteiger partial charge >= 0.3 is 12.1 Å². The van der Waals surface area contributed by atoms with Gasteiger partial charge in [0.25, 0.3) is 0 Å². The molecule has 0 aliphatic heterocycles. The van der Waals surface area contributed by atoms with Crippen molar-refractivity contribution >= 4 is 18.0 Å². The third kappa shape index (κ3) is 5.84. The maximum atomic E-state index is 13.0. The van der Waals surface area contributed by atoms with Crippen LogP contribution in [0.1, 0.15) is 68.9 Å². The van der Waals surface area contributed by atoms with E-state index in [2.05, 4.69) is 34.9 Å². The number of fused-ring (bicyclic) bond motifs is 3. The Morgan fingerprint density at radius 3 is 2.23 bits per heavy atom. The highest BCUT2D eigenvalue weighted by Gasteiger charge is 2.33. The smallest absolute Gasteiger partial charge is 0.407 e. The SMILES string of the molecule is CC[C@H](CC(=O)O)NC(=O)[C@H]1CCCCC[C@H]1NC(=O)OCC1c2ccccc2-c2ccccc21. The molecule has 0 spiro atoms. The maximum absolute atomic E-state index is 13.0. The monoisotopic (exact) mass is 478 g/mol. The van der Waals surface area contributed by atoms with Gasteiger partial charge in [0.15, 0.2) is 0 Å². The zero-order valence-corrected chi connectivity index (χ0v) is 20.2. The highest BCUT2D eigenvalue weighted by atomic mass is 16.5. The van der Waals surface area contributed by atoms with Crippen molar-refractivity contribution in [1.29, 1.82) is 0 Å². The summed E-state index contributed by atoms with van der Waals surface area (Å²) in [7, 11) is 0. The molecule has 0 heterocycles. The zero-order chi connectivity index (χ0) is 24.8. The van der Waals surface area contributed by atoms with Crippen molar-refractivity contribution in [2.45, 2.75) is 69.9 Å². The van der Waals surface area contributed by atoms with E-state index in [9.17, 15) is 14.4 Å². The van der Waals surface area contributed by atoms with E-state index in [1.165, 1.54) is 11.1 Å². The molecular formula is C28H34N2O5. The maximum Gasteiger partial charge on any atom is 0.407 e. The van der Waals surface area contributed by atoms with Crippen molar-refractivity contribution in [2.75, 3.05) is 6.61 Å². The lowest BCUT2D eigenvalue weighted by Gasteiger charge is -2.27. The Morgan fingerprint density at radius 1 is 0.971 bits per heavy atom. The molecule has 2 aromatic carbocycles. The van der Waals surface area contributed by atoms with Crippen LogP contribution in [0.2, 0.25) is 0 Å². The fraction of sp³-hybridized carbons (Fsp3) is 0.464. The van der Waals surface area contributed by atoms with Crippen LogP contribution in [0.5, 0.6) is 0 Å². The average molecular weight is 479 g/mol. The molecule has 0 bridgehead atoms. The molecule has 1 fully saturated rings. The molecule has 4 rings (SSSR count). The van der Waals surface area contributed by atoms with Gasteiger partial charge in [0.05, 0.1) is 12.3 Å². The molecule has 7 nitrogen and oxygen atoms in total. The summed E-state index contributed by atoms with van der Waals surface area (Å²) in [5.41, 5.74) is 4.64. The van der Waals surface area contributed by atoms with Crippen LogP contribution in [0.25, 0.3) is 11.1 Å². The van der Waals surface area contributed by atoms with E-state index in [0.717, 1.165) is 30.4 Å². The van der Waals surface area contributed by atoms with E-state index in [0.29, 0.717) is 19.3 Å². The van der Waals surface area contributed by atoms with Crippen molar-refractivity contribution < 1.29 is 24.2 Å². The van der Waals surface area contributed by atoms with Crippen LogP contribution < -0.4 is 10.6 Å². The molecule has 3 atom stereocenters. The summed E-state index contributed by atoms with van der Waals surface area (Å²) in [6, 6.07) is 15.6. The number of carbonyl (C=O) groups is 3. The Bertz CT molecular complexity index is 1020. The van der Waals surface area contributed by atoms with Gasteiger partial charge in [-0.1, -0.05) is 74.7 Å². The minimum Gasteiger partial charge on any atom is -0.481 e. The van der Waals surface area contributed by atoms with Gasteiger partial charge in [0.1, 0.15) is 6.61 Å². The largest absolute Gasteiger partial charge is 0.481 e. The predicted octanol–water partition coefficient (Wildman–Crippen LogP) is 4.84. The van der Waals surface area contributed by atoms with E-state index in [-0.39, 0.29) is 30.9 Å². The first kappa shape index (κ1) is 24.8. The van der Waals surface area contributed by atoms with Crippen molar-refractivity contribution in [3.63, 3.8) is 0 Å². The van der Waals surface area contributed by atoms with Gasteiger partial charge in [-0.25, -0.2) is 4.79 Å². The fourth-order valence-corrected chi connectivity index (χ4v) is 5.40. The number of ether oxygens (including phenoxy) is 1. The summed E-state index contributed by atoms with van der Waals surface area (Å²) < 4.78 is 5.71. The van der Waals surface area contributed by atoms with Gasteiger partial charge in [0.2, 0.25) is 5.91 Å². The lowest BCUT2D eigenvalue weighted by molar-refractivity contribution is -0.137. The van der Waals surface area contributed by atoms with Gasteiger partial charge in [0, 0.05) is 18.0 Å². The number of carbonyl (C=O) groups excluding carboxylic acids is 2. The molecular weight excluding hydrogens is 444 g/mol. The van der Waals surface area contributed by atoms with Crippen molar-refractivity contribution in [3.8, 4) is 11.1 Å². The summed E-state index contributed by atoms with van der Waals surface area (Å²) in [5.74, 6) is -1.56. The number of aliphatic carboxylic acids is 1. The Labute approximate surface area is 206 Å². The van der Waals surface area contributed by atoms with E-state index in [1.807, 2.05) is 31.2 Å². The Hall–Kier alpha value is -3.35. The van der Waals surface area contributed by atoms with Crippen LogP contribution in [0.4, 0.5) is 4.79 Å². The number of nitrogens with one attached hydrogen (secondary N) is 2. The molecule has 35 heavy (non-hydrogen) atoms. The number of rotatable bonds is 8. The Morgan fingerprint density at radius 2 is 1.60 bits per heavy atom. The standard InChI is InChI=1S/C28H34N2O5/c1-2-18(16-26(31)32)29-27(33)23-14-4-3-5-15-25(23)30-28(34)35-17-24-21-12-8-6-10-19(21)20-11-7-9-13-22(20)24/h6-13,18,23-25H,2-5,14-17H2,1H3,(H,29,33)(H,30,34)(H,31,32)/t18-,23+,25-/m1/s1. The van der Waals surface area contributed by atoms with Crippen LogP contribution in [-0.2, 0) is 14.3 Å². The second kappa shape index (κ2) is 11.4. The molecule has 0 aromatic heterocycles. The van der Waals surface area contributed by atoms with Gasteiger partial charge in [-0.05, 0) is 41.5 Å². The molecule has 186 valence electrons. The molecule has 2 aromatic rings. The highest BCUT2D eigenvalue weighted by molar-refractivity contribution is 5.82. The van der Waals surface area contributed by atoms with Crippen molar-refractivity contribution in [1.82, 2.24) is 10.6 Å². The number of alkyl carbamates (subject to hydrolysis) is 1. The molecule has 1 saturated carbocycles. The average Bonchev–Trinajstić information content (AvgIpc) is 2.98. The molecule has 3 N–H and O–H groups in total.